The lowest BCUT2D eigenvalue weighted by atomic mass is 9.75. The third-order valence-corrected chi connectivity index (χ3v) is 5.01. The van der Waals surface area contributed by atoms with Gasteiger partial charge in [0.15, 0.2) is 0 Å². The Morgan fingerprint density at radius 1 is 0.931 bits per heavy atom. The van der Waals surface area contributed by atoms with Crippen molar-refractivity contribution in [3.63, 3.8) is 0 Å². The van der Waals surface area contributed by atoms with E-state index in [0.717, 1.165) is 22.6 Å². The molecule has 0 aromatic heterocycles. The fraction of sp³-hybridized carbons (Fsp3) is 0.231. The fourth-order valence-electron chi connectivity index (χ4n) is 3.42. The maximum atomic E-state index is 15.3. The van der Waals surface area contributed by atoms with Crippen LogP contribution in [0, 0.1) is 5.41 Å². The van der Waals surface area contributed by atoms with Gasteiger partial charge in [-0.1, -0.05) is 74.8 Å². The Balaban J connectivity index is 1.78. The molecule has 1 unspecified atom stereocenters. The molecule has 3 heteroatoms. The summed E-state index contributed by atoms with van der Waals surface area (Å²) in [6, 6.07) is 24.8. The second kappa shape index (κ2) is 9.28. The molecule has 1 atom stereocenters. The number of halogens is 2. The molecule has 0 spiro atoms. The molecule has 0 aliphatic heterocycles. The predicted octanol–water partition coefficient (Wildman–Crippen LogP) is 8.36. The Labute approximate surface area is 177 Å². The van der Waals surface area contributed by atoms with Gasteiger partial charge in [0, 0.05) is 10.9 Å². The monoisotopic (exact) mass is 408 g/mol. The highest BCUT2D eigenvalue weighted by Gasteiger charge is 2.30. The average molecular weight is 409 g/mol. The summed E-state index contributed by atoms with van der Waals surface area (Å²) < 4.78 is 21.2. The van der Waals surface area contributed by atoms with Gasteiger partial charge >= 0.3 is 0 Å². The SMILES string of the molecule is CC(C)(C)C(/C(F)=C/Cc1cccc(Oc2ccccc2)c1)c1ccc(Cl)cc1. The van der Waals surface area contributed by atoms with Crippen LogP contribution in [-0.4, -0.2) is 0 Å². The highest BCUT2D eigenvalue weighted by molar-refractivity contribution is 6.30. The Bertz CT molecular complexity index is 956. The summed E-state index contributed by atoms with van der Waals surface area (Å²) in [5, 5.41) is 0.654. The second-order valence-electron chi connectivity index (χ2n) is 8.21. The van der Waals surface area contributed by atoms with Crippen LogP contribution in [0.4, 0.5) is 4.39 Å². The highest BCUT2D eigenvalue weighted by Crippen LogP contribution is 2.41. The molecular formula is C26H26ClFO. The van der Waals surface area contributed by atoms with E-state index >= 15 is 4.39 Å². The third-order valence-electron chi connectivity index (χ3n) is 4.76. The van der Waals surface area contributed by atoms with Crippen molar-refractivity contribution in [1.29, 1.82) is 0 Å². The lowest BCUT2D eigenvalue weighted by Crippen LogP contribution is -2.19. The zero-order valence-electron chi connectivity index (χ0n) is 17.0. The molecule has 0 amide bonds. The summed E-state index contributed by atoms with van der Waals surface area (Å²) in [6.45, 7) is 6.15. The molecule has 3 rings (SSSR count). The van der Waals surface area contributed by atoms with Crippen molar-refractivity contribution >= 4 is 11.6 Å². The normalized spacial score (nSPS) is 13.2. The lowest BCUT2D eigenvalue weighted by molar-refractivity contribution is 0.314. The van der Waals surface area contributed by atoms with E-state index in [1.54, 1.807) is 6.08 Å². The molecule has 0 aliphatic carbocycles. The van der Waals surface area contributed by atoms with Gasteiger partial charge in [0.2, 0.25) is 0 Å². The van der Waals surface area contributed by atoms with Gasteiger partial charge in [-0.2, -0.15) is 0 Å². The molecule has 29 heavy (non-hydrogen) atoms. The van der Waals surface area contributed by atoms with Gasteiger partial charge in [0.05, 0.1) is 0 Å². The summed E-state index contributed by atoms with van der Waals surface area (Å²) in [5.74, 6) is 1.06. The molecule has 0 bridgehead atoms. The number of hydrogen-bond donors (Lipinski definition) is 0. The van der Waals surface area contributed by atoms with Crippen molar-refractivity contribution in [3.8, 4) is 11.5 Å². The van der Waals surface area contributed by atoms with Gasteiger partial charge in [-0.05, 0) is 65.4 Å². The summed E-state index contributed by atoms with van der Waals surface area (Å²) in [4.78, 5) is 0. The van der Waals surface area contributed by atoms with Gasteiger partial charge in [-0.15, -0.1) is 0 Å². The van der Waals surface area contributed by atoms with Crippen molar-refractivity contribution in [2.24, 2.45) is 5.41 Å². The summed E-state index contributed by atoms with van der Waals surface area (Å²) >= 11 is 6.00. The van der Waals surface area contributed by atoms with Crippen LogP contribution in [-0.2, 0) is 6.42 Å². The summed E-state index contributed by atoms with van der Waals surface area (Å²) in [6.07, 6.45) is 2.17. The largest absolute Gasteiger partial charge is 0.457 e. The van der Waals surface area contributed by atoms with Crippen LogP contribution in [0.5, 0.6) is 11.5 Å². The number of hydrogen-bond acceptors (Lipinski definition) is 1. The van der Waals surface area contributed by atoms with Crippen molar-refractivity contribution in [3.05, 3.63) is 107 Å². The van der Waals surface area contributed by atoms with Gasteiger partial charge in [0.25, 0.3) is 0 Å². The van der Waals surface area contributed by atoms with Gasteiger partial charge in [0.1, 0.15) is 17.3 Å². The molecule has 0 saturated heterocycles. The van der Waals surface area contributed by atoms with Gasteiger partial charge in [-0.25, -0.2) is 4.39 Å². The van der Waals surface area contributed by atoms with E-state index in [9.17, 15) is 0 Å². The van der Waals surface area contributed by atoms with Crippen LogP contribution in [0.1, 0.15) is 37.8 Å². The number of ether oxygens (including phenoxy) is 1. The van der Waals surface area contributed by atoms with Crippen LogP contribution in [0.25, 0.3) is 0 Å². The van der Waals surface area contributed by atoms with Crippen molar-refractivity contribution in [1.82, 2.24) is 0 Å². The lowest BCUT2D eigenvalue weighted by Gasteiger charge is -2.30. The molecule has 3 aromatic rings. The predicted molar refractivity (Wildman–Crippen MR) is 120 cm³/mol. The van der Waals surface area contributed by atoms with Crippen LogP contribution < -0.4 is 4.74 Å². The zero-order valence-corrected chi connectivity index (χ0v) is 17.8. The first-order chi connectivity index (χ1) is 13.8. The van der Waals surface area contributed by atoms with Crippen LogP contribution in [0.15, 0.2) is 90.8 Å². The smallest absolute Gasteiger partial charge is 0.127 e. The topological polar surface area (TPSA) is 9.23 Å². The standard InChI is InChI=1S/C26H26ClFO/c1-26(2,3)25(20-13-15-21(27)16-14-20)24(28)17-12-19-8-7-11-23(18-19)29-22-9-5-4-6-10-22/h4-11,13-18,25H,12H2,1-3H3/b24-17-. The Morgan fingerprint density at radius 2 is 1.59 bits per heavy atom. The van der Waals surface area contributed by atoms with E-state index in [2.05, 4.69) is 0 Å². The summed E-state index contributed by atoms with van der Waals surface area (Å²) in [7, 11) is 0. The molecule has 0 aliphatic rings. The Morgan fingerprint density at radius 3 is 2.24 bits per heavy atom. The van der Waals surface area contributed by atoms with E-state index in [0.29, 0.717) is 11.4 Å². The third kappa shape index (κ3) is 5.95. The summed E-state index contributed by atoms with van der Waals surface area (Å²) in [5.41, 5.74) is 1.67. The molecule has 0 N–H and O–H groups in total. The minimum Gasteiger partial charge on any atom is -0.457 e. The molecular weight excluding hydrogens is 383 g/mol. The van der Waals surface area contributed by atoms with Crippen LogP contribution in [0.2, 0.25) is 5.02 Å². The first-order valence-electron chi connectivity index (χ1n) is 9.76. The highest BCUT2D eigenvalue weighted by atomic mass is 35.5. The van der Waals surface area contributed by atoms with E-state index in [4.69, 9.17) is 16.3 Å². The Kier molecular flexibility index (Phi) is 6.76. The number of benzene rings is 3. The molecule has 0 saturated carbocycles. The van der Waals surface area contributed by atoms with Gasteiger partial charge in [-0.3, -0.25) is 0 Å². The van der Waals surface area contributed by atoms with Gasteiger partial charge < -0.3 is 4.74 Å². The van der Waals surface area contributed by atoms with Crippen LogP contribution in [0.3, 0.4) is 0 Å². The van der Waals surface area contributed by atoms with E-state index in [1.165, 1.54) is 0 Å². The maximum Gasteiger partial charge on any atom is 0.127 e. The maximum absolute atomic E-state index is 15.3. The fourth-order valence-corrected chi connectivity index (χ4v) is 3.55. The van der Waals surface area contributed by atoms with E-state index in [-0.39, 0.29) is 17.2 Å². The molecule has 0 fully saturated rings. The minimum absolute atomic E-state index is 0.130. The zero-order chi connectivity index (χ0) is 20.9. The van der Waals surface area contributed by atoms with E-state index < -0.39 is 0 Å². The van der Waals surface area contributed by atoms with Crippen molar-refractivity contribution in [2.45, 2.75) is 33.1 Å². The molecule has 0 heterocycles. The first kappa shape index (κ1) is 21.1. The average Bonchev–Trinajstić information content (AvgIpc) is 2.68. The number of para-hydroxylation sites is 1. The molecule has 150 valence electrons. The molecule has 3 aromatic carbocycles. The number of rotatable bonds is 6. The quantitative estimate of drug-likeness (QED) is 0.398. The van der Waals surface area contributed by atoms with Crippen LogP contribution >= 0.6 is 11.6 Å². The van der Waals surface area contributed by atoms with Crippen molar-refractivity contribution in [2.75, 3.05) is 0 Å². The molecule has 1 nitrogen and oxygen atoms in total. The number of allylic oxidation sites excluding steroid dienone is 2. The van der Waals surface area contributed by atoms with E-state index in [1.807, 2.05) is 99.6 Å². The minimum atomic E-state index is -0.330. The molecule has 0 radical (unpaired) electrons. The first-order valence-corrected chi connectivity index (χ1v) is 10.1. The Hall–Kier alpha value is -2.58. The second-order valence-corrected chi connectivity index (χ2v) is 8.64. The van der Waals surface area contributed by atoms with Crippen molar-refractivity contribution < 1.29 is 9.13 Å².